The number of amides is 1. The average molecular weight is 324 g/mol. The lowest BCUT2D eigenvalue weighted by atomic mass is 10.0. The van der Waals surface area contributed by atoms with Gasteiger partial charge in [-0.25, -0.2) is 5.43 Å². The summed E-state index contributed by atoms with van der Waals surface area (Å²) >= 11 is 0. The van der Waals surface area contributed by atoms with Gasteiger partial charge in [0.05, 0.1) is 5.71 Å². The second kappa shape index (κ2) is 8.87. The van der Waals surface area contributed by atoms with Gasteiger partial charge in [0.1, 0.15) is 5.75 Å². The number of carbonyl (C=O) groups is 1. The van der Waals surface area contributed by atoms with Crippen molar-refractivity contribution in [3.8, 4) is 5.75 Å². The number of hydrogen-bond acceptors (Lipinski definition) is 3. The minimum Gasteiger partial charge on any atom is -0.484 e. The van der Waals surface area contributed by atoms with Crippen molar-refractivity contribution in [1.29, 1.82) is 0 Å². The first-order valence-electron chi connectivity index (χ1n) is 8.23. The van der Waals surface area contributed by atoms with Crippen LogP contribution >= 0.6 is 0 Å². The molecule has 0 bridgehead atoms. The van der Waals surface area contributed by atoms with Crippen LogP contribution in [0.25, 0.3) is 0 Å². The van der Waals surface area contributed by atoms with Gasteiger partial charge in [0.2, 0.25) is 0 Å². The first kappa shape index (κ1) is 17.7. The number of nitrogens with one attached hydrogen (secondary N) is 1. The van der Waals surface area contributed by atoms with E-state index in [1.165, 1.54) is 5.56 Å². The van der Waals surface area contributed by atoms with E-state index in [9.17, 15) is 4.79 Å². The lowest BCUT2D eigenvalue weighted by Gasteiger charge is -2.11. The standard InChI is InChI=1S/C20H24N2O2/c1-4-16-10-12-18(13-11-16)24-14-19(23)21-22-20(15(2)3)17-8-6-5-7-9-17/h5-13,15H,4,14H2,1-3H3,(H,21,23)/b22-20+. The Bertz CT molecular complexity index is 677. The summed E-state index contributed by atoms with van der Waals surface area (Å²) in [4.78, 5) is 12.0. The monoisotopic (exact) mass is 324 g/mol. The lowest BCUT2D eigenvalue weighted by molar-refractivity contribution is -0.123. The fraction of sp³-hybridized carbons (Fsp3) is 0.300. The minimum atomic E-state index is -0.274. The molecular weight excluding hydrogens is 300 g/mol. The van der Waals surface area contributed by atoms with Gasteiger partial charge in [-0.15, -0.1) is 0 Å². The molecule has 0 unspecified atom stereocenters. The predicted octanol–water partition coefficient (Wildman–Crippen LogP) is 3.80. The predicted molar refractivity (Wildman–Crippen MR) is 97.3 cm³/mol. The summed E-state index contributed by atoms with van der Waals surface area (Å²) in [6.07, 6.45) is 0.979. The van der Waals surface area contributed by atoms with Crippen molar-refractivity contribution in [3.05, 3.63) is 65.7 Å². The van der Waals surface area contributed by atoms with E-state index in [0.29, 0.717) is 5.75 Å². The molecule has 0 saturated heterocycles. The highest BCUT2D eigenvalue weighted by atomic mass is 16.5. The van der Waals surface area contributed by atoms with E-state index in [4.69, 9.17) is 4.74 Å². The molecule has 0 aromatic heterocycles. The molecule has 24 heavy (non-hydrogen) atoms. The van der Waals surface area contributed by atoms with Gasteiger partial charge in [-0.1, -0.05) is 63.2 Å². The molecule has 0 spiro atoms. The van der Waals surface area contributed by atoms with Crippen LogP contribution in [0.1, 0.15) is 31.9 Å². The highest BCUT2D eigenvalue weighted by molar-refractivity contribution is 6.02. The van der Waals surface area contributed by atoms with Crippen LogP contribution in [-0.4, -0.2) is 18.2 Å². The van der Waals surface area contributed by atoms with E-state index in [1.807, 2.05) is 68.4 Å². The molecule has 1 amide bonds. The summed E-state index contributed by atoms with van der Waals surface area (Å²) in [5.74, 6) is 0.609. The Balaban J connectivity index is 1.92. The van der Waals surface area contributed by atoms with Gasteiger partial charge in [0, 0.05) is 0 Å². The number of hydrazone groups is 1. The Morgan fingerprint density at radius 3 is 2.33 bits per heavy atom. The van der Waals surface area contributed by atoms with Crippen molar-refractivity contribution >= 4 is 11.6 Å². The number of aryl methyl sites for hydroxylation is 1. The third-order valence-corrected chi connectivity index (χ3v) is 3.62. The molecule has 0 fully saturated rings. The molecule has 2 aromatic carbocycles. The van der Waals surface area contributed by atoms with Crippen LogP contribution in [0.4, 0.5) is 0 Å². The smallest absolute Gasteiger partial charge is 0.277 e. The normalized spacial score (nSPS) is 11.4. The van der Waals surface area contributed by atoms with Crippen LogP contribution in [0.15, 0.2) is 59.7 Å². The Kier molecular flexibility index (Phi) is 6.55. The zero-order valence-electron chi connectivity index (χ0n) is 14.5. The summed E-state index contributed by atoms with van der Waals surface area (Å²) in [6.45, 7) is 6.13. The van der Waals surface area contributed by atoms with Gasteiger partial charge in [0.25, 0.3) is 5.91 Å². The Morgan fingerprint density at radius 2 is 1.75 bits per heavy atom. The van der Waals surface area contributed by atoms with Crippen molar-refractivity contribution < 1.29 is 9.53 Å². The third kappa shape index (κ3) is 5.23. The van der Waals surface area contributed by atoms with Crippen molar-refractivity contribution in [3.63, 3.8) is 0 Å². The summed E-state index contributed by atoms with van der Waals surface area (Å²) in [6, 6.07) is 17.6. The van der Waals surface area contributed by atoms with Crippen molar-refractivity contribution in [2.24, 2.45) is 11.0 Å². The first-order valence-corrected chi connectivity index (χ1v) is 8.23. The average Bonchev–Trinajstić information content (AvgIpc) is 2.61. The van der Waals surface area contributed by atoms with Crippen LogP contribution in [0.3, 0.4) is 0 Å². The quantitative estimate of drug-likeness (QED) is 0.622. The Hall–Kier alpha value is -2.62. The van der Waals surface area contributed by atoms with Gasteiger partial charge in [0.15, 0.2) is 6.61 Å². The number of hydrogen-bond donors (Lipinski definition) is 1. The second-order valence-electron chi connectivity index (χ2n) is 5.84. The summed E-state index contributed by atoms with van der Waals surface area (Å²) in [7, 11) is 0. The van der Waals surface area contributed by atoms with Gasteiger partial charge in [-0.3, -0.25) is 4.79 Å². The maximum absolute atomic E-state index is 12.0. The molecule has 2 rings (SSSR count). The Morgan fingerprint density at radius 1 is 1.08 bits per heavy atom. The molecule has 0 heterocycles. The molecule has 0 saturated carbocycles. The van der Waals surface area contributed by atoms with Crippen molar-refractivity contribution in [1.82, 2.24) is 5.43 Å². The summed E-state index contributed by atoms with van der Waals surface area (Å²) in [5.41, 5.74) is 5.66. The lowest BCUT2D eigenvalue weighted by Crippen LogP contribution is -2.27. The van der Waals surface area contributed by atoms with Crippen molar-refractivity contribution in [2.75, 3.05) is 6.61 Å². The number of nitrogens with zero attached hydrogens (tertiary/aromatic N) is 1. The third-order valence-electron chi connectivity index (χ3n) is 3.62. The van der Waals surface area contributed by atoms with Crippen LogP contribution < -0.4 is 10.2 Å². The fourth-order valence-corrected chi connectivity index (χ4v) is 2.26. The SMILES string of the molecule is CCc1ccc(OCC(=O)N/N=C(/c2ccccc2)C(C)C)cc1. The summed E-state index contributed by atoms with van der Waals surface area (Å²) in [5, 5.41) is 4.27. The van der Waals surface area contributed by atoms with E-state index < -0.39 is 0 Å². The topological polar surface area (TPSA) is 50.7 Å². The van der Waals surface area contributed by atoms with Gasteiger partial charge >= 0.3 is 0 Å². The molecule has 2 aromatic rings. The van der Waals surface area contributed by atoms with E-state index in [2.05, 4.69) is 17.5 Å². The molecule has 0 radical (unpaired) electrons. The molecule has 1 N–H and O–H groups in total. The highest BCUT2D eigenvalue weighted by Gasteiger charge is 2.09. The van der Waals surface area contributed by atoms with Crippen LogP contribution in [0.2, 0.25) is 0 Å². The van der Waals surface area contributed by atoms with Crippen LogP contribution in [0.5, 0.6) is 5.75 Å². The molecular formula is C20H24N2O2. The zero-order chi connectivity index (χ0) is 17.4. The maximum Gasteiger partial charge on any atom is 0.277 e. The molecule has 4 heteroatoms. The molecule has 0 aliphatic rings. The number of rotatable bonds is 7. The zero-order valence-corrected chi connectivity index (χ0v) is 14.5. The highest BCUT2D eigenvalue weighted by Crippen LogP contribution is 2.12. The van der Waals surface area contributed by atoms with E-state index in [-0.39, 0.29) is 18.4 Å². The van der Waals surface area contributed by atoms with Crippen LogP contribution in [-0.2, 0) is 11.2 Å². The number of carbonyl (C=O) groups excluding carboxylic acids is 1. The molecule has 0 aliphatic carbocycles. The number of ether oxygens (including phenoxy) is 1. The van der Waals surface area contributed by atoms with Gasteiger partial charge in [-0.05, 0) is 35.6 Å². The molecule has 4 nitrogen and oxygen atoms in total. The van der Waals surface area contributed by atoms with E-state index >= 15 is 0 Å². The molecule has 126 valence electrons. The van der Waals surface area contributed by atoms with E-state index in [1.54, 1.807) is 0 Å². The molecule has 0 atom stereocenters. The summed E-state index contributed by atoms with van der Waals surface area (Å²) < 4.78 is 5.48. The second-order valence-corrected chi connectivity index (χ2v) is 5.84. The molecule has 0 aliphatic heterocycles. The number of benzene rings is 2. The van der Waals surface area contributed by atoms with Crippen molar-refractivity contribution in [2.45, 2.75) is 27.2 Å². The maximum atomic E-state index is 12.0. The Labute approximate surface area is 143 Å². The van der Waals surface area contributed by atoms with Gasteiger partial charge in [-0.2, -0.15) is 5.10 Å². The van der Waals surface area contributed by atoms with Crippen LogP contribution in [0, 0.1) is 5.92 Å². The van der Waals surface area contributed by atoms with Gasteiger partial charge < -0.3 is 4.74 Å². The largest absolute Gasteiger partial charge is 0.484 e. The van der Waals surface area contributed by atoms with E-state index in [0.717, 1.165) is 17.7 Å². The fourth-order valence-electron chi connectivity index (χ4n) is 2.26. The first-order chi connectivity index (χ1) is 11.6. The minimum absolute atomic E-state index is 0.0604.